The van der Waals surface area contributed by atoms with Gasteiger partial charge in [-0.3, -0.25) is 0 Å². The largest absolute Gasteiger partial charge is 0.508 e. The maximum Gasteiger partial charge on any atom is 0.115 e. The van der Waals surface area contributed by atoms with Gasteiger partial charge in [-0.05, 0) is 95.6 Å². The fourth-order valence-corrected chi connectivity index (χ4v) is 7.94. The Kier molecular flexibility index (Phi) is 3.03. The van der Waals surface area contributed by atoms with Crippen molar-refractivity contribution in [2.24, 2.45) is 10.8 Å². The van der Waals surface area contributed by atoms with Crippen molar-refractivity contribution in [3.8, 4) is 11.5 Å². The van der Waals surface area contributed by atoms with Crippen LogP contribution in [0, 0.1) is 10.8 Å². The maximum absolute atomic E-state index is 9.77. The van der Waals surface area contributed by atoms with Gasteiger partial charge >= 0.3 is 0 Å². The minimum absolute atomic E-state index is 0.198. The lowest BCUT2D eigenvalue weighted by Crippen LogP contribution is -2.62. The highest BCUT2D eigenvalue weighted by molar-refractivity contribution is 5.42. The summed E-state index contributed by atoms with van der Waals surface area (Å²) in [5.41, 5.74) is 3.91. The number of rotatable bonds is 2. The van der Waals surface area contributed by atoms with Gasteiger partial charge < -0.3 is 10.2 Å². The summed E-state index contributed by atoms with van der Waals surface area (Å²) in [7, 11) is 0. The Morgan fingerprint density at radius 2 is 0.885 bits per heavy atom. The molecule has 0 atom stereocenters. The Morgan fingerprint density at radius 1 is 0.538 bits per heavy atom. The highest BCUT2D eigenvalue weighted by Gasteiger charge is 2.66. The molecule has 0 aliphatic heterocycles. The van der Waals surface area contributed by atoms with Crippen LogP contribution in [0.4, 0.5) is 0 Å². The van der Waals surface area contributed by atoms with E-state index in [4.69, 9.17) is 0 Å². The fourth-order valence-electron chi connectivity index (χ4n) is 7.94. The van der Waals surface area contributed by atoms with Gasteiger partial charge in [-0.15, -0.1) is 0 Å². The van der Waals surface area contributed by atoms with Crippen molar-refractivity contribution in [2.45, 2.75) is 63.2 Å². The van der Waals surface area contributed by atoms with Gasteiger partial charge in [0.15, 0.2) is 0 Å². The summed E-state index contributed by atoms with van der Waals surface area (Å²) >= 11 is 0. The molecule has 0 spiro atoms. The van der Waals surface area contributed by atoms with Gasteiger partial charge in [-0.2, -0.15) is 0 Å². The number of benzene rings is 2. The van der Waals surface area contributed by atoms with E-state index in [0.717, 1.165) is 0 Å². The molecule has 2 heteroatoms. The molecular weight excluding hydrogens is 320 g/mol. The standard InChI is InChI=1S/C24H28O2/c1-21-11-22(2)14-23(12-21,17-3-7-19(25)8-4-17)16-24(13-21,15-22)18-5-9-20(26)10-6-18/h3-10,25-26H,11-16H2,1-2H3. The molecule has 4 bridgehead atoms. The Bertz CT molecular complexity index is 763. The van der Waals surface area contributed by atoms with Crippen LogP contribution in [0.25, 0.3) is 0 Å². The third kappa shape index (κ3) is 2.24. The highest BCUT2D eigenvalue weighted by atomic mass is 16.3. The molecule has 0 aromatic heterocycles. The van der Waals surface area contributed by atoms with Crippen LogP contribution in [0.15, 0.2) is 48.5 Å². The molecule has 4 aliphatic rings. The number of hydrogen-bond acceptors (Lipinski definition) is 2. The first kappa shape index (κ1) is 16.2. The summed E-state index contributed by atoms with van der Waals surface area (Å²) in [5.74, 6) is 0.702. The number of phenolic OH excluding ortho intramolecular Hbond substituents is 2. The van der Waals surface area contributed by atoms with E-state index in [-0.39, 0.29) is 10.8 Å². The third-order valence-corrected chi connectivity index (χ3v) is 7.55. The average molecular weight is 348 g/mol. The molecule has 4 saturated carbocycles. The fraction of sp³-hybridized carbons (Fsp3) is 0.500. The van der Waals surface area contributed by atoms with Crippen molar-refractivity contribution in [3.05, 3.63) is 59.7 Å². The van der Waals surface area contributed by atoms with E-state index in [2.05, 4.69) is 38.1 Å². The average Bonchev–Trinajstić information content (AvgIpc) is 2.52. The molecule has 0 radical (unpaired) electrons. The molecule has 0 heterocycles. The molecule has 6 rings (SSSR count). The Hall–Kier alpha value is -1.96. The van der Waals surface area contributed by atoms with Crippen LogP contribution in [-0.2, 0) is 10.8 Å². The molecule has 136 valence electrons. The molecule has 2 nitrogen and oxygen atoms in total. The van der Waals surface area contributed by atoms with Crippen molar-refractivity contribution in [3.63, 3.8) is 0 Å². The topological polar surface area (TPSA) is 40.5 Å². The Labute approximate surface area is 155 Å². The predicted molar refractivity (Wildman–Crippen MR) is 103 cm³/mol. The summed E-state index contributed by atoms with van der Waals surface area (Å²) in [6.45, 7) is 4.99. The van der Waals surface area contributed by atoms with Crippen LogP contribution < -0.4 is 0 Å². The van der Waals surface area contributed by atoms with Crippen molar-refractivity contribution >= 4 is 0 Å². The summed E-state index contributed by atoms with van der Waals surface area (Å²) in [6.07, 6.45) is 7.50. The molecule has 2 aromatic carbocycles. The Morgan fingerprint density at radius 3 is 1.23 bits per heavy atom. The van der Waals surface area contributed by atoms with Crippen LogP contribution in [0.1, 0.15) is 63.5 Å². The molecule has 4 fully saturated rings. The lowest BCUT2D eigenvalue weighted by molar-refractivity contribution is -0.126. The van der Waals surface area contributed by atoms with Gasteiger partial charge in [0.2, 0.25) is 0 Å². The normalized spacial score (nSPS) is 40.7. The van der Waals surface area contributed by atoms with Gasteiger partial charge in [0.05, 0.1) is 0 Å². The van der Waals surface area contributed by atoms with Crippen molar-refractivity contribution in [2.75, 3.05) is 0 Å². The SMILES string of the molecule is CC12CC3(C)CC(c4ccc(O)cc4)(C1)CC(c1ccc(O)cc1)(C2)C3. The van der Waals surface area contributed by atoms with Gasteiger partial charge in [-0.1, -0.05) is 38.1 Å². The molecule has 0 unspecified atom stereocenters. The van der Waals surface area contributed by atoms with Crippen LogP contribution in [-0.4, -0.2) is 10.2 Å². The first-order valence-corrected chi connectivity index (χ1v) is 9.83. The van der Waals surface area contributed by atoms with E-state index in [1.54, 1.807) is 0 Å². The molecule has 2 N–H and O–H groups in total. The minimum Gasteiger partial charge on any atom is -0.508 e. The van der Waals surface area contributed by atoms with E-state index in [1.807, 2.05) is 24.3 Å². The number of aromatic hydroxyl groups is 2. The molecule has 4 aliphatic carbocycles. The van der Waals surface area contributed by atoms with Crippen LogP contribution in [0.3, 0.4) is 0 Å². The third-order valence-electron chi connectivity index (χ3n) is 7.55. The second-order valence-electron chi connectivity index (χ2n) is 10.3. The van der Waals surface area contributed by atoms with Crippen LogP contribution in [0.2, 0.25) is 0 Å². The van der Waals surface area contributed by atoms with Crippen LogP contribution >= 0.6 is 0 Å². The van der Waals surface area contributed by atoms with Crippen molar-refractivity contribution in [1.29, 1.82) is 0 Å². The zero-order valence-corrected chi connectivity index (χ0v) is 15.8. The summed E-state index contributed by atoms with van der Waals surface area (Å²) in [5, 5.41) is 19.5. The zero-order valence-electron chi connectivity index (χ0n) is 15.8. The molecular formula is C24H28O2. The van der Waals surface area contributed by atoms with Gasteiger partial charge in [0.25, 0.3) is 0 Å². The number of hydrogen-bond donors (Lipinski definition) is 2. The first-order chi connectivity index (χ1) is 12.2. The maximum atomic E-state index is 9.77. The van der Waals surface area contributed by atoms with E-state index in [9.17, 15) is 10.2 Å². The molecule has 0 amide bonds. The van der Waals surface area contributed by atoms with Crippen LogP contribution in [0.5, 0.6) is 11.5 Å². The second kappa shape index (κ2) is 4.85. The lowest BCUT2D eigenvalue weighted by Gasteiger charge is -2.70. The zero-order chi connectivity index (χ0) is 18.2. The summed E-state index contributed by atoms with van der Waals surface area (Å²) in [6, 6.07) is 16.0. The van der Waals surface area contributed by atoms with E-state index < -0.39 is 0 Å². The van der Waals surface area contributed by atoms with Crippen molar-refractivity contribution < 1.29 is 10.2 Å². The van der Waals surface area contributed by atoms with Crippen molar-refractivity contribution in [1.82, 2.24) is 0 Å². The minimum atomic E-state index is 0.198. The Balaban J connectivity index is 1.67. The number of phenols is 2. The summed E-state index contributed by atoms with van der Waals surface area (Å²) in [4.78, 5) is 0. The summed E-state index contributed by atoms with van der Waals surface area (Å²) < 4.78 is 0. The van der Waals surface area contributed by atoms with E-state index >= 15 is 0 Å². The second-order valence-corrected chi connectivity index (χ2v) is 10.3. The smallest absolute Gasteiger partial charge is 0.115 e. The lowest BCUT2D eigenvalue weighted by atomic mass is 9.34. The molecule has 2 aromatic rings. The quantitative estimate of drug-likeness (QED) is 0.734. The highest BCUT2D eigenvalue weighted by Crippen LogP contribution is 2.74. The first-order valence-electron chi connectivity index (χ1n) is 9.83. The molecule has 0 saturated heterocycles. The van der Waals surface area contributed by atoms with Gasteiger partial charge in [-0.25, -0.2) is 0 Å². The van der Waals surface area contributed by atoms with Gasteiger partial charge in [0.1, 0.15) is 11.5 Å². The predicted octanol–water partition coefficient (Wildman–Crippen LogP) is 5.67. The van der Waals surface area contributed by atoms with E-state index in [1.165, 1.54) is 49.7 Å². The van der Waals surface area contributed by atoms with E-state index in [0.29, 0.717) is 22.3 Å². The molecule has 26 heavy (non-hydrogen) atoms. The monoisotopic (exact) mass is 348 g/mol. The van der Waals surface area contributed by atoms with Gasteiger partial charge in [0, 0.05) is 0 Å².